The minimum absolute atomic E-state index is 0.322. The molecule has 3 aromatic rings. The van der Waals surface area contributed by atoms with Gasteiger partial charge in [-0.3, -0.25) is 0 Å². The van der Waals surface area contributed by atoms with E-state index in [1.165, 1.54) is 37.7 Å². The summed E-state index contributed by atoms with van der Waals surface area (Å²) in [5.41, 5.74) is 3.46. The van der Waals surface area contributed by atoms with Crippen molar-refractivity contribution in [3.05, 3.63) is 95.6 Å². The lowest BCUT2D eigenvalue weighted by Crippen LogP contribution is -2.14. The molecule has 4 heteroatoms. The van der Waals surface area contributed by atoms with Gasteiger partial charge in [0.15, 0.2) is 11.5 Å². The summed E-state index contributed by atoms with van der Waals surface area (Å²) in [6.45, 7) is 3.18. The molecule has 3 aromatic carbocycles. The molecule has 34 heavy (non-hydrogen) atoms. The van der Waals surface area contributed by atoms with Crippen LogP contribution in [0.25, 0.3) is 0 Å². The maximum Gasteiger partial charge on any atom is 0.162 e. The molecule has 4 nitrogen and oxygen atoms in total. The van der Waals surface area contributed by atoms with Gasteiger partial charge in [0.1, 0.15) is 13.2 Å². The molecule has 0 aromatic heterocycles. The van der Waals surface area contributed by atoms with Crippen LogP contribution < -0.4 is 14.8 Å². The molecule has 3 rings (SSSR count). The topological polar surface area (TPSA) is 50.7 Å². The van der Waals surface area contributed by atoms with Crippen LogP contribution in [0.3, 0.4) is 0 Å². The van der Waals surface area contributed by atoms with E-state index in [0.717, 1.165) is 48.6 Å². The number of nitrogens with one attached hydrogen (secondary N) is 1. The number of rotatable bonds is 17. The van der Waals surface area contributed by atoms with E-state index < -0.39 is 0 Å². The van der Waals surface area contributed by atoms with Crippen molar-refractivity contribution in [2.24, 2.45) is 0 Å². The molecule has 0 saturated carbocycles. The molecule has 0 saturated heterocycles. The van der Waals surface area contributed by atoms with Crippen LogP contribution in [0, 0.1) is 0 Å². The molecule has 0 spiro atoms. The third-order valence-corrected chi connectivity index (χ3v) is 5.82. The van der Waals surface area contributed by atoms with Crippen molar-refractivity contribution in [3.8, 4) is 11.5 Å². The van der Waals surface area contributed by atoms with Gasteiger partial charge in [0, 0.05) is 13.2 Å². The van der Waals surface area contributed by atoms with Gasteiger partial charge in [-0.25, -0.2) is 0 Å². The summed E-state index contributed by atoms with van der Waals surface area (Å²) in [5, 5.41) is 12.4. The highest BCUT2D eigenvalue weighted by atomic mass is 16.5. The van der Waals surface area contributed by atoms with Gasteiger partial charge in [-0.1, -0.05) is 98.8 Å². The molecule has 0 atom stereocenters. The number of aliphatic hydroxyl groups excluding tert-OH is 1. The number of hydrogen-bond donors (Lipinski definition) is 2. The maximum atomic E-state index is 8.83. The molecule has 0 aliphatic carbocycles. The number of aliphatic hydroxyl groups is 1. The second kappa shape index (κ2) is 15.9. The average Bonchev–Trinajstić information content (AvgIpc) is 2.89. The second-order valence-electron chi connectivity index (χ2n) is 8.70. The summed E-state index contributed by atoms with van der Waals surface area (Å²) in [6, 6.07) is 26.6. The number of hydrogen-bond acceptors (Lipinski definition) is 4. The van der Waals surface area contributed by atoms with Crippen LogP contribution in [0.5, 0.6) is 11.5 Å². The van der Waals surface area contributed by atoms with Crippen molar-refractivity contribution in [3.63, 3.8) is 0 Å². The molecule has 0 aliphatic heterocycles. The maximum absolute atomic E-state index is 8.83. The predicted octanol–water partition coefficient (Wildman–Crippen LogP) is 6.66. The predicted molar refractivity (Wildman–Crippen MR) is 139 cm³/mol. The van der Waals surface area contributed by atoms with Gasteiger partial charge in [-0.2, -0.15) is 0 Å². The van der Waals surface area contributed by atoms with Crippen LogP contribution in [-0.4, -0.2) is 18.3 Å². The van der Waals surface area contributed by atoms with Gasteiger partial charge in [-0.05, 0) is 48.2 Å². The van der Waals surface area contributed by atoms with Crippen molar-refractivity contribution >= 4 is 0 Å². The zero-order valence-corrected chi connectivity index (χ0v) is 20.3. The molecular formula is C30H39NO3. The average molecular weight is 462 g/mol. The number of ether oxygens (including phenoxy) is 2. The van der Waals surface area contributed by atoms with Gasteiger partial charge in [0.05, 0.1) is 0 Å². The molecule has 0 unspecified atom stereocenters. The Bertz CT molecular complexity index is 915. The second-order valence-corrected chi connectivity index (χ2v) is 8.70. The molecule has 2 N–H and O–H groups in total. The lowest BCUT2D eigenvalue weighted by Gasteiger charge is -2.15. The van der Waals surface area contributed by atoms with Gasteiger partial charge in [0.25, 0.3) is 0 Å². The standard InChI is InChI=1S/C30H39NO3/c32-21-13-5-3-1-2-4-12-20-31-23-28-18-19-29(33-24-26-14-8-6-9-15-26)30(22-28)34-25-27-16-10-7-11-17-27/h6-11,14-19,22,31-32H,1-5,12-13,20-21,23-25H2. The fourth-order valence-corrected chi connectivity index (χ4v) is 3.84. The normalized spacial score (nSPS) is 10.9. The minimum Gasteiger partial charge on any atom is -0.485 e. The van der Waals surface area contributed by atoms with Crippen molar-refractivity contribution < 1.29 is 14.6 Å². The van der Waals surface area contributed by atoms with Crippen molar-refractivity contribution in [2.75, 3.05) is 13.2 Å². The zero-order valence-electron chi connectivity index (χ0n) is 20.3. The van der Waals surface area contributed by atoms with Gasteiger partial charge < -0.3 is 19.9 Å². The third-order valence-electron chi connectivity index (χ3n) is 5.82. The molecule has 0 radical (unpaired) electrons. The molecule has 182 valence electrons. The first kappa shape index (κ1) is 25.8. The van der Waals surface area contributed by atoms with Crippen LogP contribution in [0.2, 0.25) is 0 Å². The highest BCUT2D eigenvalue weighted by molar-refractivity contribution is 5.43. The molecule has 0 heterocycles. The largest absolute Gasteiger partial charge is 0.485 e. The first-order valence-electron chi connectivity index (χ1n) is 12.6. The summed E-state index contributed by atoms with van der Waals surface area (Å²) in [5.74, 6) is 1.55. The number of unbranched alkanes of at least 4 members (excludes halogenated alkanes) is 6. The summed E-state index contributed by atoms with van der Waals surface area (Å²) < 4.78 is 12.3. The highest BCUT2D eigenvalue weighted by Gasteiger charge is 2.08. The highest BCUT2D eigenvalue weighted by Crippen LogP contribution is 2.30. The van der Waals surface area contributed by atoms with Crippen LogP contribution in [0.15, 0.2) is 78.9 Å². The lowest BCUT2D eigenvalue weighted by molar-refractivity contribution is 0.255. The Hall–Kier alpha value is -2.82. The van der Waals surface area contributed by atoms with E-state index in [4.69, 9.17) is 14.6 Å². The minimum atomic E-state index is 0.322. The Balaban J connectivity index is 1.48. The van der Waals surface area contributed by atoms with Gasteiger partial charge >= 0.3 is 0 Å². The molecular weight excluding hydrogens is 422 g/mol. The van der Waals surface area contributed by atoms with Crippen LogP contribution >= 0.6 is 0 Å². The zero-order chi connectivity index (χ0) is 23.7. The first-order chi connectivity index (χ1) is 16.8. The van der Waals surface area contributed by atoms with E-state index in [-0.39, 0.29) is 0 Å². The quantitative estimate of drug-likeness (QED) is 0.221. The van der Waals surface area contributed by atoms with E-state index in [1.807, 2.05) is 42.5 Å². The Morgan fingerprint density at radius 1 is 0.559 bits per heavy atom. The number of benzene rings is 3. The van der Waals surface area contributed by atoms with Crippen LogP contribution in [0.1, 0.15) is 61.6 Å². The Kier molecular flexibility index (Phi) is 12.1. The smallest absolute Gasteiger partial charge is 0.162 e. The SMILES string of the molecule is OCCCCCCCCCNCc1ccc(OCc2ccccc2)c(OCc2ccccc2)c1. The third kappa shape index (κ3) is 9.98. The lowest BCUT2D eigenvalue weighted by atomic mass is 10.1. The summed E-state index contributed by atoms with van der Waals surface area (Å²) in [4.78, 5) is 0. The van der Waals surface area contributed by atoms with Gasteiger partial charge in [0.2, 0.25) is 0 Å². The van der Waals surface area contributed by atoms with E-state index in [9.17, 15) is 0 Å². The van der Waals surface area contributed by atoms with Gasteiger partial charge in [-0.15, -0.1) is 0 Å². The van der Waals surface area contributed by atoms with E-state index in [0.29, 0.717) is 19.8 Å². The van der Waals surface area contributed by atoms with Crippen LogP contribution in [0.4, 0.5) is 0 Å². The summed E-state index contributed by atoms with van der Waals surface area (Å²) in [6.07, 6.45) is 8.31. The fraction of sp³-hybridized carbons (Fsp3) is 0.400. The summed E-state index contributed by atoms with van der Waals surface area (Å²) >= 11 is 0. The molecule has 0 bridgehead atoms. The Morgan fingerprint density at radius 3 is 1.74 bits per heavy atom. The van der Waals surface area contributed by atoms with Crippen LogP contribution in [-0.2, 0) is 19.8 Å². The fourth-order valence-electron chi connectivity index (χ4n) is 3.84. The van der Waals surface area contributed by atoms with Crippen molar-refractivity contribution in [2.45, 2.75) is 64.7 Å². The van der Waals surface area contributed by atoms with E-state index >= 15 is 0 Å². The van der Waals surface area contributed by atoms with E-state index in [2.05, 4.69) is 41.7 Å². The molecule has 0 amide bonds. The summed E-state index contributed by atoms with van der Waals surface area (Å²) in [7, 11) is 0. The van der Waals surface area contributed by atoms with E-state index in [1.54, 1.807) is 0 Å². The monoisotopic (exact) mass is 461 g/mol. The Labute approximate surface area is 204 Å². The van der Waals surface area contributed by atoms with Crippen molar-refractivity contribution in [1.29, 1.82) is 0 Å². The Morgan fingerprint density at radius 2 is 1.12 bits per heavy atom. The molecule has 0 aliphatic rings. The molecule has 0 fully saturated rings. The first-order valence-corrected chi connectivity index (χ1v) is 12.6. The van der Waals surface area contributed by atoms with Crippen molar-refractivity contribution in [1.82, 2.24) is 5.32 Å².